The smallest absolute Gasteiger partial charge is 0.182 e. The van der Waals surface area contributed by atoms with Crippen LogP contribution in [0.2, 0.25) is 0 Å². The van der Waals surface area contributed by atoms with Crippen molar-refractivity contribution in [3.8, 4) is 0 Å². The molecule has 0 aliphatic carbocycles. The zero-order valence-electron chi connectivity index (χ0n) is 6.66. The fourth-order valence-corrected chi connectivity index (χ4v) is 3.01. The number of sulfone groups is 1. The van der Waals surface area contributed by atoms with Crippen LogP contribution in [0.4, 0.5) is 0 Å². The topological polar surface area (TPSA) is 52.6 Å². The van der Waals surface area contributed by atoms with Gasteiger partial charge in [0.15, 0.2) is 15.6 Å². The first kappa shape index (κ1) is 8.96. The van der Waals surface area contributed by atoms with Crippen molar-refractivity contribution in [2.24, 2.45) is 0 Å². The molecular formula is C6H12O4S. The Hall–Kier alpha value is -0.130. The van der Waals surface area contributed by atoms with Crippen LogP contribution < -0.4 is 0 Å². The molecule has 0 aromatic carbocycles. The van der Waals surface area contributed by atoms with Gasteiger partial charge in [0.2, 0.25) is 0 Å². The molecule has 0 unspecified atom stereocenters. The molecule has 1 rings (SSSR count). The Morgan fingerprint density at radius 3 is 2.00 bits per heavy atom. The van der Waals surface area contributed by atoms with Crippen LogP contribution in [0.15, 0.2) is 0 Å². The standard InChI is InChI=1S/C6H12O4S/c1-9-6(10-2)3-4-11(7,8)5-6/h3-5H2,1-2H3. The predicted octanol–water partition coefficient (Wildman–Crippen LogP) is -0.206. The Kier molecular flexibility index (Phi) is 2.22. The summed E-state index contributed by atoms with van der Waals surface area (Å²) in [5.41, 5.74) is 0. The first-order valence-electron chi connectivity index (χ1n) is 3.34. The molecule has 1 aliphatic heterocycles. The number of rotatable bonds is 2. The van der Waals surface area contributed by atoms with E-state index in [1.54, 1.807) is 0 Å². The van der Waals surface area contributed by atoms with E-state index in [2.05, 4.69) is 0 Å². The Morgan fingerprint density at radius 2 is 1.82 bits per heavy atom. The minimum atomic E-state index is -2.93. The number of methoxy groups -OCH3 is 2. The van der Waals surface area contributed by atoms with E-state index in [4.69, 9.17) is 9.47 Å². The van der Waals surface area contributed by atoms with Crippen molar-refractivity contribution in [2.75, 3.05) is 25.7 Å². The summed E-state index contributed by atoms with van der Waals surface area (Å²) in [5, 5.41) is 0. The fraction of sp³-hybridized carbons (Fsp3) is 1.00. The van der Waals surface area contributed by atoms with Gasteiger partial charge in [-0.25, -0.2) is 8.42 Å². The normalized spacial score (nSPS) is 27.1. The Balaban J connectivity index is 2.78. The molecule has 5 heteroatoms. The third kappa shape index (κ3) is 1.72. The van der Waals surface area contributed by atoms with Gasteiger partial charge in [-0.2, -0.15) is 0 Å². The minimum absolute atomic E-state index is 0.0208. The van der Waals surface area contributed by atoms with E-state index in [1.165, 1.54) is 14.2 Å². The lowest BCUT2D eigenvalue weighted by molar-refractivity contribution is -0.186. The van der Waals surface area contributed by atoms with Gasteiger partial charge >= 0.3 is 0 Å². The van der Waals surface area contributed by atoms with Gasteiger partial charge < -0.3 is 9.47 Å². The quantitative estimate of drug-likeness (QED) is 0.552. The average molecular weight is 180 g/mol. The van der Waals surface area contributed by atoms with Gasteiger partial charge in [-0.05, 0) is 0 Å². The maximum absolute atomic E-state index is 11.0. The Morgan fingerprint density at radius 1 is 1.27 bits per heavy atom. The second kappa shape index (κ2) is 2.73. The monoisotopic (exact) mass is 180 g/mol. The number of ether oxygens (including phenoxy) is 2. The Labute approximate surface area is 66.4 Å². The van der Waals surface area contributed by atoms with Crippen LogP contribution in [0.25, 0.3) is 0 Å². The summed E-state index contributed by atoms with van der Waals surface area (Å²) in [7, 11) is -0.00282. The molecule has 0 N–H and O–H groups in total. The van der Waals surface area contributed by atoms with Crippen molar-refractivity contribution in [1.29, 1.82) is 0 Å². The molecule has 0 amide bonds. The van der Waals surface area contributed by atoms with E-state index in [0.717, 1.165) is 0 Å². The molecule has 1 heterocycles. The minimum Gasteiger partial charge on any atom is -0.352 e. The molecule has 4 nitrogen and oxygen atoms in total. The van der Waals surface area contributed by atoms with Gasteiger partial charge in [-0.3, -0.25) is 0 Å². The summed E-state index contributed by atoms with van der Waals surface area (Å²) < 4.78 is 32.0. The summed E-state index contributed by atoms with van der Waals surface area (Å²) in [6.45, 7) is 0. The lowest BCUT2D eigenvalue weighted by Gasteiger charge is -2.23. The van der Waals surface area contributed by atoms with E-state index in [0.29, 0.717) is 6.42 Å². The summed E-state index contributed by atoms with van der Waals surface area (Å²) in [4.78, 5) is 0. The summed E-state index contributed by atoms with van der Waals surface area (Å²) in [5.74, 6) is -0.736. The van der Waals surface area contributed by atoms with Crippen molar-refractivity contribution in [1.82, 2.24) is 0 Å². The van der Waals surface area contributed by atoms with E-state index in [9.17, 15) is 8.42 Å². The zero-order chi connectivity index (χ0) is 8.54. The highest BCUT2D eigenvalue weighted by molar-refractivity contribution is 7.91. The van der Waals surface area contributed by atoms with Crippen molar-refractivity contribution in [3.63, 3.8) is 0 Å². The van der Waals surface area contributed by atoms with E-state index >= 15 is 0 Å². The summed E-state index contributed by atoms with van der Waals surface area (Å²) >= 11 is 0. The average Bonchev–Trinajstić information content (AvgIpc) is 2.28. The van der Waals surface area contributed by atoms with Crippen molar-refractivity contribution in [2.45, 2.75) is 12.2 Å². The molecule has 0 saturated carbocycles. The lowest BCUT2D eigenvalue weighted by Crippen LogP contribution is -2.34. The van der Waals surface area contributed by atoms with Gasteiger partial charge in [0.1, 0.15) is 5.75 Å². The first-order chi connectivity index (χ1) is 5.04. The molecule has 0 atom stereocenters. The third-order valence-corrected chi connectivity index (χ3v) is 3.68. The molecule has 66 valence electrons. The van der Waals surface area contributed by atoms with E-state index in [1.807, 2.05) is 0 Å². The highest BCUT2D eigenvalue weighted by atomic mass is 32.2. The van der Waals surface area contributed by atoms with Crippen molar-refractivity contribution in [3.05, 3.63) is 0 Å². The van der Waals surface area contributed by atoms with Crippen LogP contribution in [0, 0.1) is 0 Å². The van der Waals surface area contributed by atoms with Gasteiger partial charge in [0.05, 0.1) is 5.75 Å². The SMILES string of the molecule is COC1(OC)CCS(=O)(=O)C1. The summed E-state index contributed by atoms with van der Waals surface area (Å²) in [6, 6.07) is 0. The number of hydrogen-bond acceptors (Lipinski definition) is 4. The lowest BCUT2D eigenvalue weighted by atomic mass is 10.2. The van der Waals surface area contributed by atoms with Gasteiger partial charge in [0.25, 0.3) is 0 Å². The molecule has 0 aromatic rings. The fourth-order valence-electron chi connectivity index (χ4n) is 1.20. The highest BCUT2D eigenvalue weighted by Gasteiger charge is 2.42. The maximum Gasteiger partial charge on any atom is 0.182 e. The predicted molar refractivity (Wildman–Crippen MR) is 40.0 cm³/mol. The van der Waals surface area contributed by atoms with Crippen LogP contribution in [0.1, 0.15) is 6.42 Å². The Bertz CT molecular complexity index is 227. The third-order valence-electron chi connectivity index (χ3n) is 1.98. The molecule has 0 spiro atoms. The van der Waals surface area contributed by atoms with Crippen LogP contribution in [-0.2, 0) is 19.3 Å². The van der Waals surface area contributed by atoms with Crippen LogP contribution >= 0.6 is 0 Å². The van der Waals surface area contributed by atoms with Crippen molar-refractivity contribution >= 4 is 9.84 Å². The van der Waals surface area contributed by atoms with Gasteiger partial charge in [-0.1, -0.05) is 0 Å². The van der Waals surface area contributed by atoms with Crippen molar-refractivity contribution < 1.29 is 17.9 Å². The van der Waals surface area contributed by atoms with E-state index in [-0.39, 0.29) is 11.5 Å². The largest absolute Gasteiger partial charge is 0.352 e. The molecule has 1 aliphatic rings. The van der Waals surface area contributed by atoms with Gasteiger partial charge in [-0.15, -0.1) is 0 Å². The molecule has 0 radical (unpaired) electrons. The molecule has 11 heavy (non-hydrogen) atoms. The molecular weight excluding hydrogens is 168 g/mol. The second-order valence-corrected chi connectivity index (χ2v) is 4.85. The highest BCUT2D eigenvalue weighted by Crippen LogP contribution is 2.26. The van der Waals surface area contributed by atoms with Crippen LogP contribution in [0.3, 0.4) is 0 Å². The van der Waals surface area contributed by atoms with Crippen LogP contribution in [0.5, 0.6) is 0 Å². The maximum atomic E-state index is 11.0. The van der Waals surface area contributed by atoms with Crippen LogP contribution in [-0.4, -0.2) is 39.9 Å². The molecule has 0 bridgehead atoms. The first-order valence-corrected chi connectivity index (χ1v) is 5.16. The van der Waals surface area contributed by atoms with E-state index < -0.39 is 15.6 Å². The molecule has 1 saturated heterocycles. The van der Waals surface area contributed by atoms with Gasteiger partial charge in [0, 0.05) is 20.6 Å². The molecule has 1 fully saturated rings. The summed E-state index contributed by atoms with van der Waals surface area (Å²) in [6.07, 6.45) is 0.433. The zero-order valence-corrected chi connectivity index (χ0v) is 7.48. The molecule has 0 aromatic heterocycles. The number of hydrogen-bond donors (Lipinski definition) is 0. The second-order valence-electron chi connectivity index (χ2n) is 2.66.